The van der Waals surface area contributed by atoms with Crippen molar-refractivity contribution in [1.82, 2.24) is 9.80 Å². The van der Waals surface area contributed by atoms with Crippen LogP contribution in [0.25, 0.3) is 0 Å². The van der Waals surface area contributed by atoms with Gasteiger partial charge >= 0.3 is 0 Å². The van der Waals surface area contributed by atoms with E-state index in [0.717, 1.165) is 43.0 Å². The highest BCUT2D eigenvalue weighted by molar-refractivity contribution is 6.09. The highest BCUT2D eigenvalue weighted by Crippen LogP contribution is 2.66. The molecule has 2 N–H and O–H groups in total. The molecule has 0 unspecified atom stereocenters. The molecule has 8 rings (SSSR count). The molecule has 5 fully saturated rings. The Bertz CT molecular complexity index is 1080. The number of amides is 2. The molecule has 0 aromatic heterocycles. The number of nitrogens with zero attached hydrogens (tertiary/aromatic N) is 2. The summed E-state index contributed by atoms with van der Waals surface area (Å²) >= 11 is 0. The topological polar surface area (TPSA) is 90.3 Å². The van der Waals surface area contributed by atoms with Crippen molar-refractivity contribution in [3.8, 4) is 11.5 Å². The predicted molar refractivity (Wildman–Crippen MR) is 112 cm³/mol. The molecular weight excluding hydrogens is 408 g/mol. The Balaban J connectivity index is 1.29. The maximum atomic E-state index is 13.0. The van der Waals surface area contributed by atoms with Gasteiger partial charge in [0.25, 0.3) is 0 Å². The molecule has 7 aliphatic rings. The summed E-state index contributed by atoms with van der Waals surface area (Å²) in [6, 6.07) is 3.31. The third kappa shape index (κ3) is 1.90. The minimum absolute atomic E-state index is 0.00489. The molecule has 7 heteroatoms. The van der Waals surface area contributed by atoms with E-state index >= 15 is 0 Å². The Hall–Kier alpha value is -2.12. The van der Waals surface area contributed by atoms with E-state index in [9.17, 15) is 19.8 Å². The Morgan fingerprint density at radius 1 is 1.09 bits per heavy atom. The molecule has 7 atom stereocenters. The zero-order valence-electron chi connectivity index (χ0n) is 18.0. The standard InChI is InChI=1S/C25H28N2O5/c28-17-4-3-13-9-18-25(31)6-5-16(27-22(29)14-10-15(14)23(27)30)21-24(25,19(13)20(17)32-21)7-8-26(18)11-12-1-2-12/h3-4,12,14-16,18,21,28,31H,1-2,5-11H2/t14-,15+,16-,18+,21+,24+,25-/m1/s1. The van der Waals surface area contributed by atoms with Crippen molar-refractivity contribution in [2.45, 2.75) is 74.1 Å². The summed E-state index contributed by atoms with van der Waals surface area (Å²) in [4.78, 5) is 30.0. The minimum Gasteiger partial charge on any atom is -0.504 e. The van der Waals surface area contributed by atoms with Crippen LogP contribution in [0.2, 0.25) is 0 Å². The number of aliphatic hydroxyl groups is 1. The van der Waals surface area contributed by atoms with E-state index in [1.807, 2.05) is 6.07 Å². The molecule has 7 nitrogen and oxygen atoms in total. The van der Waals surface area contributed by atoms with Crippen LogP contribution in [0.4, 0.5) is 0 Å². The molecule has 3 heterocycles. The fourth-order valence-corrected chi connectivity index (χ4v) is 8.25. The number of phenolic OH excluding ortho intramolecular Hbond substituents is 1. The first-order valence-electron chi connectivity index (χ1n) is 12.3. The van der Waals surface area contributed by atoms with Gasteiger partial charge in [-0.3, -0.25) is 19.4 Å². The van der Waals surface area contributed by atoms with Gasteiger partial charge in [0.1, 0.15) is 6.10 Å². The Morgan fingerprint density at radius 3 is 2.62 bits per heavy atom. The lowest BCUT2D eigenvalue weighted by atomic mass is 9.48. The van der Waals surface area contributed by atoms with E-state index < -0.39 is 17.1 Å². The van der Waals surface area contributed by atoms with E-state index in [2.05, 4.69) is 4.90 Å². The van der Waals surface area contributed by atoms with Gasteiger partial charge in [0.05, 0.1) is 28.9 Å². The van der Waals surface area contributed by atoms with Crippen LogP contribution < -0.4 is 4.74 Å². The molecule has 2 bridgehead atoms. The van der Waals surface area contributed by atoms with Crippen molar-refractivity contribution < 1.29 is 24.5 Å². The molecule has 1 aromatic carbocycles. The summed E-state index contributed by atoms with van der Waals surface area (Å²) in [6.07, 6.45) is 5.31. The lowest BCUT2D eigenvalue weighted by Crippen LogP contribution is -2.78. The molecule has 3 aliphatic heterocycles. The number of hydrogen-bond acceptors (Lipinski definition) is 6. The number of aromatic hydroxyl groups is 1. The highest BCUT2D eigenvalue weighted by atomic mass is 16.5. The van der Waals surface area contributed by atoms with Crippen LogP contribution >= 0.6 is 0 Å². The summed E-state index contributed by atoms with van der Waals surface area (Å²) in [5, 5.41) is 23.2. The number of phenols is 1. The Labute approximate surface area is 186 Å². The summed E-state index contributed by atoms with van der Waals surface area (Å²) in [5.41, 5.74) is 0.414. The number of hydrogen-bond donors (Lipinski definition) is 2. The van der Waals surface area contributed by atoms with Crippen LogP contribution in [0.3, 0.4) is 0 Å². The molecular formula is C25H28N2O5. The van der Waals surface area contributed by atoms with Crippen molar-refractivity contribution in [1.29, 1.82) is 0 Å². The maximum Gasteiger partial charge on any atom is 0.233 e. The predicted octanol–water partition coefficient (Wildman–Crippen LogP) is 1.33. The summed E-state index contributed by atoms with van der Waals surface area (Å²) in [6.45, 7) is 1.91. The molecule has 32 heavy (non-hydrogen) atoms. The fourth-order valence-electron chi connectivity index (χ4n) is 8.25. The van der Waals surface area contributed by atoms with Crippen molar-refractivity contribution in [2.75, 3.05) is 13.1 Å². The van der Waals surface area contributed by atoms with Gasteiger partial charge < -0.3 is 14.9 Å². The summed E-state index contributed by atoms with van der Waals surface area (Å²) in [5.74, 6) is 0.887. The van der Waals surface area contributed by atoms with Gasteiger partial charge in [0.15, 0.2) is 11.5 Å². The smallest absolute Gasteiger partial charge is 0.233 e. The van der Waals surface area contributed by atoms with Gasteiger partial charge in [-0.05, 0) is 69.0 Å². The number of imide groups is 1. The average molecular weight is 437 g/mol. The number of likely N-dealkylation sites (tertiary alicyclic amines) is 2. The first kappa shape index (κ1) is 18.3. The molecule has 2 saturated heterocycles. The third-order valence-electron chi connectivity index (χ3n) is 9.96. The molecule has 168 valence electrons. The first-order chi connectivity index (χ1) is 15.4. The van der Waals surface area contributed by atoms with E-state index in [0.29, 0.717) is 25.0 Å². The zero-order valence-corrected chi connectivity index (χ0v) is 18.0. The van der Waals surface area contributed by atoms with Gasteiger partial charge in [-0.15, -0.1) is 0 Å². The first-order valence-corrected chi connectivity index (χ1v) is 12.3. The van der Waals surface area contributed by atoms with Crippen LogP contribution in [-0.4, -0.2) is 68.7 Å². The van der Waals surface area contributed by atoms with Gasteiger partial charge in [-0.2, -0.15) is 0 Å². The van der Waals surface area contributed by atoms with Crippen LogP contribution in [0.15, 0.2) is 12.1 Å². The van der Waals surface area contributed by atoms with Crippen molar-refractivity contribution in [3.05, 3.63) is 23.3 Å². The van der Waals surface area contributed by atoms with Crippen LogP contribution in [-0.2, 0) is 21.4 Å². The quantitative estimate of drug-likeness (QED) is 0.695. The number of ether oxygens (including phenoxy) is 1. The highest BCUT2D eigenvalue weighted by Gasteiger charge is 2.75. The van der Waals surface area contributed by atoms with Crippen LogP contribution in [0, 0.1) is 17.8 Å². The van der Waals surface area contributed by atoms with Gasteiger partial charge in [0.2, 0.25) is 11.8 Å². The number of benzene rings is 1. The average Bonchev–Trinajstić information content (AvgIpc) is 3.67. The fraction of sp³-hybridized carbons (Fsp3) is 0.680. The molecule has 0 radical (unpaired) electrons. The number of rotatable bonds is 3. The lowest BCUT2D eigenvalue weighted by Gasteiger charge is -2.64. The second-order valence-corrected chi connectivity index (χ2v) is 11.4. The molecule has 1 spiro atoms. The number of carbonyl (C=O) groups is 2. The number of piperidine rings is 2. The lowest BCUT2D eigenvalue weighted by molar-refractivity contribution is -0.202. The van der Waals surface area contributed by atoms with Crippen LogP contribution in [0.1, 0.15) is 49.7 Å². The van der Waals surface area contributed by atoms with Crippen LogP contribution in [0.5, 0.6) is 11.5 Å². The minimum atomic E-state index is -0.984. The van der Waals surface area contributed by atoms with E-state index in [-0.39, 0.29) is 41.5 Å². The summed E-state index contributed by atoms with van der Waals surface area (Å²) in [7, 11) is 0. The zero-order chi connectivity index (χ0) is 21.6. The second-order valence-electron chi connectivity index (χ2n) is 11.4. The molecule has 3 saturated carbocycles. The Morgan fingerprint density at radius 2 is 1.88 bits per heavy atom. The molecule has 4 aliphatic carbocycles. The van der Waals surface area contributed by atoms with Crippen molar-refractivity contribution in [3.63, 3.8) is 0 Å². The van der Waals surface area contributed by atoms with Crippen molar-refractivity contribution >= 4 is 11.8 Å². The maximum absolute atomic E-state index is 13.0. The molecule has 1 aromatic rings. The second kappa shape index (κ2) is 5.50. The monoisotopic (exact) mass is 436 g/mol. The normalized spacial score (nSPS) is 45.5. The van der Waals surface area contributed by atoms with E-state index in [4.69, 9.17) is 4.74 Å². The van der Waals surface area contributed by atoms with Gasteiger partial charge in [-0.1, -0.05) is 6.07 Å². The number of fused-ring (bicyclic) bond motifs is 1. The largest absolute Gasteiger partial charge is 0.504 e. The van der Waals surface area contributed by atoms with Crippen molar-refractivity contribution in [2.24, 2.45) is 17.8 Å². The Kier molecular flexibility index (Phi) is 3.15. The van der Waals surface area contributed by atoms with Gasteiger partial charge in [-0.25, -0.2) is 0 Å². The number of carbonyl (C=O) groups excluding carboxylic acids is 2. The molecule has 2 amide bonds. The third-order valence-corrected chi connectivity index (χ3v) is 9.96. The van der Waals surface area contributed by atoms with Gasteiger partial charge in [0, 0.05) is 18.2 Å². The van der Waals surface area contributed by atoms with E-state index in [1.54, 1.807) is 6.07 Å². The van der Waals surface area contributed by atoms with E-state index in [1.165, 1.54) is 17.7 Å². The summed E-state index contributed by atoms with van der Waals surface area (Å²) < 4.78 is 6.50. The SMILES string of the molecule is O=C1[C@H]2C[C@H]2C(=O)N1[C@@H]1CC[C@@]2(O)[C@@H]3Cc4ccc(O)c5c4[C@@]2(CCN3CC2CC2)[C@H]1O5.